The van der Waals surface area contributed by atoms with Gasteiger partial charge < -0.3 is 0 Å². The fourth-order valence-electron chi connectivity index (χ4n) is 0.364. The Morgan fingerprint density at radius 1 is 0.875 bits per heavy atom. The summed E-state index contributed by atoms with van der Waals surface area (Å²) < 4.78 is 0. The summed E-state index contributed by atoms with van der Waals surface area (Å²) in [6.07, 6.45) is 0. The van der Waals surface area contributed by atoms with Gasteiger partial charge in [-0.3, -0.25) is 0 Å². The van der Waals surface area contributed by atoms with Crippen LogP contribution in [0.4, 0.5) is 0 Å². The number of aromatic nitrogens is 4. The lowest BCUT2D eigenvalue weighted by Gasteiger charge is -1.61. The Bertz CT molecular complexity index is 239. The third kappa shape index (κ3) is 15.6. The SMILES string of the molecule is C.CC.CC.Cc1nncs1.c1nncs1. The Balaban J connectivity index is -0.000000156. The molecule has 0 bridgehead atoms. The molecule has 0 N–H and O–H groups in total. The van der Waals surface area contributed by atoms with Crippen molar-refractivity contribution in [2.45, 2.75) is 42.0 Å². The quantitative estimate of drug-likeness (QED) is 0.718. The van der Waals surface area contributed by atoms with Crippen molar-refractivity contribution in [1.29, 1.82) is 0 Å². The van der Waals surface area contributed by atoms with Gasteiger partial charge in [0.25, 0.3) is 0 Å². The van der Waals surface area contributed by atoms with E-state index in [1.807, 2.05) is 34.6 Å². The minimum absolute atomic E-state index is 0. The molecular formula is C10H22N4S2. The van der Waals surface area contributed by atoms with Crippen molar-refractivity contribution >= 4 is 22.7 Å². The van der Waals surface area contributed by atoms with Crippen LogP contribution in [0, 0.1) is 6.92 Å². The zero-order chi connectivity index (χ0) is 11.9. The molecule has 94 valence electrons. The molecule has 0 aromatic carbocycles. The van der Waals surface area contributed by atoms with E-state index in [0.29, 0.717) is 0 Å². The van der Waals surface area contributed by atoms with Crippen LogP contribution in [-0.2, 0) is 0 Å². The summed E-state index contributed by atoms with van der Waals surface area (Å²) in [6.45, 7) is 9.93. The number of hydrogen-bond donors (Lipinski definition) is 0. The number of aryl methyl sites for hydroxylation is 1. The minimum atomic E-state index is 0. The second-order valence-corrected chi connectivity index (χ2v) is 3.27. The first kappa shape index (κ1) is 20.5. The lowest BCUT2D eigenvalue weighted by molar-refractivity contribution is 1.05. The van der Waals surface area contributed by atoms with Crippen molar-refractivity contribution in [3.63, 3.8) is 0 Å². The van der Waals surface area contributed by atoms with Gasteiger partial charge in [0.15, 0.2) is 0 Å². The Labute approximate surface area is 107 Å². The van der Waals surface area contributed by atoms with Gasteiger partial charge in [0.05, 0.1) is 0 Å². The van der Waals surface area contributed by atoms with Gasteiger partial charge in [-0.25, -0.2) is 0 Å². The highest BCUT2D eigenvalue weighted by molar-refractivity contribution is 7.09. The Morgan fingerprint density at radius 2 is 1.38 bits per heavy atom. The van der Waals surface area contributed by atoms with Crippen LogP contribution in [0.5, 0.6) is 0 Å². The predicted octanol–water partition coefficient (Wildman–Crippen LogP) is 4.07. The van der Waals surface area contributed by atoms with Crippen molar-refractivity contribution < 1.29 is 0 Å². The second-order valence-electron chi connectivity index (χ2n) is 1.54. The van der Waals surface area contributed by atoms with Gasteiger partial charge in [-0.2, -0.15) is 0 Å². The van der Waals surface area contributed by atoms with Gasteiger partial charge in [-0.15, -0.1) is 43.1 Å². The summed E-state index contributed by atoms with van der Waals surface area (Å²) in [5.41, 5.74) is 5.08. The normalized spacial score (nSPS) is 6.56. The van der Waals surface area contributed by atoms with E-state index < -0.39 is 0 Å². The van der Waals surface area contributed by atoms with Crippen molar-refractivity contribution in [2.75, 3.05) is 0 Å². The fraction of sp³-hybridized carbons (Fsp3) is 0.600. The van der Waals surface area contributed by atoms with Crippen LogP contribution in [0.15, 0.2) is 16.5 Å². The van der Waals surface area contributed by atoms with E-state index in [4.69, 9.17) is 0 Å². The van der Waals surface area contributed by atoms with Gasteiger partial charge in [0, 0.05) is 0 Å². The maximum Gasteiger partial charge on any atom is 0.114 e. The monoisotopic (exact) mass is 262 g/mol. The first-order valence-corrected chi connectivity index (χ1v) is 6.63. The topological polar surface area (TPSA) is 51.6 Å². The molecule has 2 aromatic rings. The molecule has 0 unspecified atom stereocenters. The third-order valence-electron chi connectivity index (χ3n) is 0.752. The minimum Gasteiger partial charge on any atom is -0.147 e. The molecule has 0 amide bonds. The van der Waals surface area contributed by atoms with Crippen molar-refractivity contribution in [3.05, 3.63) is 21.5 Å². The van der Waals surface area contributed by atoms with E-state index >= 15 is 0 Å². The molecule has 0 atom stereocenters. The number of nitrogens with zero attached hydrogens (tertiary/aromatic N) is 4. The van der Waals surface area contributed by atoms with E-state index in [0.717, 1.165) is 5.01 Å². The molecule has 0 aliphatic carbocycles. The third-order valence-corrected chi connectivity index (χ3v) is 1.81. The highest BCUT2D eigenvalue weighted by Gasteiger charge is 1.78. The highest BCUT2D eigenvalue weighted by Crippen LogP contribution is 1.94. The van der Waals surface area contributed by atoms with Crippen LogP contribution in [-0.4, -0.2) is 20.4 Å². The molecule has 2 aromatic heterocycles. The molecule has 16 heavy (non-hydrogen) atoms. The van der Waals surface area contributed by atoms with Gasteiger partial charge in [-0.05, 0) is 6.92 Å². The molecule has 0 aliphatic heterocycles. The Hall–Kier alpha value is -0.880. The molecule has 0 saturated heterocycles. The molecule has 0 radical (unpaired) electrons. The van der Waals surface area contributed by atoms with E-state index in [-0.39, 0.29) is 7.43 Å². The van der Waals surface area contributed by atoms with Gasteiger partial charge in [0.2, 0.25) is 0 Å². The molecule has 0 aliphatic rings. The summed E-state index contributed by atoms with van der Waals surface area (Å²) >= 11 is 3.05. The molecule has 0 saturated carbocycles. The van der Waals surface area contributed by atoms with Gasteiger partial charge >= 0.3 is 0 Å². The summed E-state index contributed by atoms with van der Waals surface area (Å²) in [7, 11) is 0. The van der Waals surface area contributed by atoms with Gasteiger partial charge in [0.1, 0.15) is 21.5 Å². The summed E-state index contributed by atoms with van der Waals surface area (Å²) in [4.78, 5) is 0. The Kier molecular flexibility index (Phi) is 25.2. The first-order chi connectivity index (χ1) is 7.39. The lowest BCUT2D eigenvalue weighted by Crippen LogP contribution is -1.64. The molecule has 0 fully saturated rings. The van der Waals surface area contributed by atoms with Crippen LogP contribution in [0.3, 0.4) is 0 Å². The summed E-state index contributed by atoms with van der Waals surface area (Å²) in [5.74, 6) is 0. The van der Waals surface area contributed by atoms with Gasteiger partial charge in [-0.1, -0.05) is 35.1 Å². The fourth-order valence-corrected chi connectivity index (χ4v) is 0.978. The highest BCUT2D eigenvalue weighted by atomic mass is 32.1. The standard InChI is InChI=1S/C3H4N2S.C2H2N2S.2C2H6.CH4/c1-3-5-4-2-6-3;1-3-4-2-5-1;2*1-2;/h2H,1H3;1-2H;2*1-2H3;1H4. The molecule has 2 rings (SSSR count). The maximum atomic E-state index is 3.69. The molecule has 0 spiro atoms. The zero-order valence-electron chi connectivity index (χ0n) is 9.84. The lowest BCUT2D eigenvalue weighted by atomic mass is 10.9. The van der Waals surface area contributed by atoms with E-state index in [9.17, 15) is 0 Å². The van der Waals surface area contributed by atoms with Crippen LogP contribution in [0.2, 0.25) is 0 Å². The number of hydrogen-bond acceptors (Lipinski definition) is 6. The van der Waals surface area contributed by atoms with Crippen molar-refractivity contribution in [1.82, 2.24) is 20.4 Å². The van der Waals surface area contributed by atoms with Crippen molar-refractivity contribution in [3.8, 4) is 0 Å². The van der Waals surface area contributed by atoms with Crippen LogP contribution >= 0.6 is 22.7 Å². The first-order valence-electron chi connectivity index (χ1n) is 4.81. The molecular weight excluding hydrogens is 240 g/mol. The summed E-state index contributed by atoms with van der Waals surface area (Å²) in [6, 6.07) is 0. The zero-order valence-corrected chi connectivity index (χ0v) is 11.5. The van der Waals surface area contributed by atoms with Crippen LogP contribution in [0.1, 0.15) is 40.1 Å². The predicted molar refractivity (Wildman–Crippen MR) is 74.0 cm³/mol. The van der Waals surface area contributed by atoms with E-state index in [1.165, 1.54) is 11.3 Å². The summed E-state index contributed by atoms with van der Waals surface area (Å²) in [5, 5.41) is 15.3. The second kappa shape index (κ2) is 19.7. The average Bonchev–Trinajstić information content (AvgIpc) is 2.98. The Morgan fingerprint density at radius 3 is 1.50 bits per heavy atom. The van der Waals surface area contributed by atoms with E-state index in [1.54, 1.807) is 27.9 Å². The largest absolute Gasteiger partial charge is 0.147 e. The molecule has 2 heterocycles. The molecule has 4 nitrogen and oxygen atoms in total. The maximum absolute atomic E-state index is 3.69. The average molecular weight is 262 g/mol. The molecule has 6 heteroatoms. The van der Waals surface area contributed by atoms with Crippen LogP contribution in [0.25, 0.3) is 0 Å². The van der Waals surface area contributed by atoms with Crippen LogP contribution < -0.4 is 0 Å². The van der Waals surface area contributed by atoms with Crippen molar-refractivity contribution in [2.24, 2.45) is 0 Å². The van der Waals surface area contributed by atoms with E-state index in [2.05, 4.69) is 20.4 Å². The number of rotatable bonds is 0. The smallest absolute Gasteiger partial charge is 0.114 e.